The molecule has 2 rings (SSSR count). The molecule has 1 aromatic heterocycles. The number of hydrogen-bond donors (Lipinski definition) is 1. The van der Waals surface area contributed by atoms with Gasteiger partial charge in [0.05, 0.1) is 23.2 Å². The molecular formula is C23H29ClN2O5. The molecule has 0 aliphatic heterocycles. The number of ketones is 1. The van der Waals surface area contributed by atoms with E-state index >= 15 is 0 Å². The Balaban J connectivity index is 2.39. The number of rotatable bonds is 10. The molecule has 0 fully saturated rings. The van der Waals surface area contributed by atoms with Crippen LogP contribution in [0.1, 0.15) is 62.7 Å². The molecule has 7 nitrogen and oxygen atoms in total. The molecule has 0 bridgehead atoms. The highest BCUT2D eigenvalue weighted by Crippen LogP contribution is 2.24. The number of aromatic nitrogens is 1. The van der Waals surface area contributed by atoms with Crippen molar-refractivity contribution >= 4 is 29.3 Å². The van der Waals surface area contributed by atoms with Crippen molar-refractivity contribution in [3.63, 3.8) is 0 Å². The van der Waals surface area contributed by atoms with Gasteiger partial charge in [-0.25, -0.2) is 4.79 Å². The Morgan fingerprint density at radius 2 is 1.87 bits per heavy atom. The highest BCUT2D eigenvalue weighted by atomic mass is 35.5. The summed E-state index contributed by atoms with van der Waals surface area (Å²) in [6.45, 7) is 7.81. The number of amides is 1. The predicted octanol–water partition coefficient (Wildman–Crippen LogP) is 4.21. The maximum Gasteiger partial charge on any atom is 0.355 e. The zero-order chi connectivity index (χ0) is 23.1. The van der Waals surface area contributed by atoms with E-state index in [0.29, 0.717) is 47.0 Å². The van der Waals surface area contributed by atoms with Crippen molar-refractivity contribution in [1.82, 2.24) is 9.88 Å². The first-order valence-electron chi connectivity index (χ1n) is 10.2. The van der Waals surface area contributed by atoms with Crippen LogP contribution in [-0.2, 0) is 9.47 Å². The zero-order valence-electron chi connectivity index (χ0n) is 18.6. The molecule has 1 amide bonds. The van der Waals surface area contributed by atoms with Crippen LogP contribution in [0.25, 0.3) is 0 Å². The average molecular weight is 449 g/mol. The van der Waals surface area contributed by atoms with E-state index in [9.17, 15) is 14.4 Å². The number of nitrogens with one attached hydrogen (secondary N) is 1. The van der Waals surface area contributed by atoms with Crippen molar-refractivity contribution in [3.05, 3.63) is 57.4 Å². The third-order valence-electron chi connectivity index (χ3n) is 5.12. The number of H-pyrrole nitrogens is 1. The number of esters is 1. The number of aromatic amines is 1. The first kappa shape index (κ1) is 24.6. The van der Waals surface area contributed by atoms with E-state index in [-0.39, 0.29) is 24.0 Å². The van der Waals surface area contributed by atoms with Gasteiger partial charge >= 0.3 is 5.97 Å². The van der Waals surface area contributed by atoms with Gasteiger partial charge in [0.15, 0.2) is 5.78 Å². The highest BCUT2D eigenvalue weighted by Gasteiger charge is 2.32. The van der Waals surface area contributed by atoms with E-state index in [2.05, 4.69) is 4.98 Å². The SMILES string of the molecule is CCOC(=O)c1[nH]c(C)c(C(=O)C(C)N(CCCOC)C(=O)c2ccccc2Cl)c1C. The van der Waals surface area contributed by atoms with Gasteiger partial charge in [0, 0.05) is 31.5 Å². The maximum absolute atomic E-state index is 13.4. The van der Waals surface area contributed by atoms with Crippen molar-refractivity contribution in [2.24, 2.45) is 0 Å². The van der Waals surface area contributed by atoms with Crippen LogP contribution in [0, 0.1) is 13.8 Å². The van der Waals surface area contributed by atoms with Gasteiger partial charge in [-0.15, -0.1) is 0 Å². The van der Waals surface area contributed by atoms with Crippen LogP contribution >= 0.6 is 11.6 Å². The largest absolute Gasteiger partial charge is 0.461 e. The third kappa shape index (κ3) is 5.54. The van der Waals surface area contributed by atoms with Gasteiger partial charge in [-0.05, 0) is 51.8 Å². The lowest BCUT2D eigenvalue weighted by Gasteiger charge is -2.29. The van der Waals surface area contributed by atoms with Crippen LogP contribution in [0.4, 0.5) is 0 Å². The number of nitrogens with zero attached hydrogens (tertiary/aromatic N) is 1. The zero-order valence-corrected chi connectivity index (χ0v) is 19.3. The summed E-state index contributed by atoms with van der Waals surface area (Å²) in [7, 11) is 1.58. The Morgan fingerprint density at radius 1 is 1.19 bits per heavy atom. The smallest absolute Gasteiger partial charge is 0.355 e. The normalized spacial score (nSPS) is 11.8. The quantitative estimate of drug-likeness (QED) is 0.334. The lowest BCUT2D eigenvalue weighted by molar-refractivity contribution is 0.0518. The van der Waals surface area contributed by atoms with E-state index in [1.54, 1.807) is 59.1 Å². The maximum atomic E-state index is 13.4. The number of benzene rings is 1. The second-order valence-electron chi connectivity index (χ2n) is 7.21. The van der Waals surface area contributed by atoms with Gasteiger partial charge in [-0.2, -0.15) is 0 Å². The fraction of sp³-hybridized carbons (Fsp3) is 0.435. The summed E-state index contributed by atoms with van der Waals surface area (Å²) >= 11 is 6.23. The Labute approximate surface area is 187 Å². The fourth-order valence-electron chi connectivity index (χ4n) is 3.52. The van der Waals surface area contributed by atoms with E-state index in [1.807, 2.05) is 0 Å². The van der Waals surface area contributed by atoms with Crippen LogP contribution in [0.15, 0.2) is 24.3 Å². The Hall–Kier alpha value is -2.64. The molecule has 1 unspecified atom stereocenters. The number of Topliss-reactive ketones (excluding diaryl/α,β-unsaturated/α-hetero) is 1. The minimum absolute atomic E-state index is 0.232. The van der Waals surface area contributed by atoms with Crippen molar-refractivity contribution < 1.29 is 23.9 Å². The molecule has 0 saturated carbocycles. The van der Waals surface area contributed by atoms with Crippen LogP contribution < -0.4 is 0 Å². The summed E-state index contributed by atoms with van der Waals surface area (Å²) in [5.41, 5.74) is 2.03. The van der Waals surface area contributed by atoms with Crippen molar-refractivity contribution in [3.8, 4) is 0 Å². The molecule has 1 aromatic carbocycles. The summed E-state index contributed by atoms with van der Waals surface area (Å²) in [6, 6.07) is 5.97. The molecule has 0 spiro atoms. The summed E-state index contributed by atoms with van der Waals surface area (Å²) in [4.78, 5) is 43.4. The number of aryl methyl sites for hydroxylation is 1. The predicted molar refractivity (Wildman–Crippen MR) is 119 cm³/mol. The number of methoxy groups -OCH3 is 1. The van der Waals surface area contributed by atoms with Gasteiger partial charge in [-0.1, -0.05) is 23.7 Å². The van der Waals surface area contributed by atoms with Gasteiger partial charge in [-0.3, -0.25) is 9.59 Å². The summed E-state index contributed by atoms with van der Waals surface area (Å²) in [5, 5.41) is 0.322. The standard InChI is InChI=1S/C23H29ClN2O5/c1-6-31-23(29)20-14(2)19(15(3)25-20)21(27)16(4)26(12-9-13-30-5)22(28)17-10-7-8-11-18(17)24/h7-8,10-11,16,25H,6,9,12-13H2,1-5H3. The van der Waals surface area contributed by atoms with Crippen molar-refractivity contribution in [1.29, 1.82) is 0 Å². The molecular weight excluding hydrogens is 420 g/mol. The van der Waals surface area contributed by atoms with Gasteiger partial charge in [0.2, 0.25) is 0 Å². The number of hydrogen-bond acceptors (Lipinski definition) is 5. The van der Waals surface area contributed by atoms with Crippen LogP contribution in [-0.4, -0.2) is 60.5 Å². The Bertz CT molecular complexity index is 953. The van der Waals surface area contributed by atoms with E-state index in [4.69, 9.17) is 21.1 Å². The molecule has 0 radical (unpaired) electrons. The number of ether oxygens (including phenoxy) is 2. The minimum Gasteiger partial charge on any atom is -0.461 e. The lowest BCUT2D eigenvalue weighted by Crippen LogP contribution is -2.44. The van der Waals surface area contributed by atoms with Crippen LogP contribution in [0.5, 0.6) is 0 Å². The number of carbonyl (C=O) groups is 3. The van der Waals surface area contributed by atoms with E-state index < -0.39 is 12.0 Å². The molecule has 0 aliphatic carbocycles. The lowest BCUT2D eigenvalue weighted by atomic mass is 9.99. The average Bonchev–Trinajstić information content (AvgIpc) is 3.04. The second kappa shape index (κ2) is 11.1. The molecule has 168 valence electrons. The van der Waals surface area contributed by atoms with Crippen molar-refractivity contribution in [2.45, 2.75) is 40.2 Å². The third-order valence-corrected chi connectivity index (χ3v) is 5.45. The van der Waals surface area contributed by atoms with E-state index in [0.717, 1.165) is 0 Å². The summed E-state index contributed by atoms with van der Waals surface area (Å²) in [5.74, 6) is -1.11. The monoisotopic (exact) mass is 448 g/mol. The number of carbonyl (C=O) groups excluding carboxylic acids is 3. The number of halogens is 1. The fourth-order valence-corrected chi connectivity index (χ4v) is 3.73. The van der Waals surface area contributed by atoms with Crippen LogP contribution in [0.2, 0.25) is 5.02 Å². The Morgan fingerprint density at radius 3 is 2.48 bits per heavy atom. The molecule has 0 saturated heterocycles. The van der Waals surface area contributed by atoms with Crippen LogP contribution in [0.3, 0.4) is 0 Å². The summed E-state index contributed by atoms with van der Waals surface area (Å²) < 4.78 is 10.2. The Kier molecular flexibility index (Phi) is 8.83. The molecule has 1 heterocycles. The first-order chi connectivity index (χ1) is 14.7. The molecule has 1 atom stereocenters. The summed E-state index contributed by atoms with van der Waals surface area (Å²) in [6.07, 6.45) is 0.559. The first-order valence-corrected chi connectivity index (χ1v) is 10.6. The topological polar surface area (TPSA) is 88.7 Å². The molecule has 1 N–H and O–H groups in total. The minimum atomic E-state index is -0.774. The van der Waals surface area contributed by atoms with Gasteiger partial charge < -0.3 is 19.4 Å². The van der Waals surface area contributed by atoms with Crippen molar-refractivity contribution in [2.75, 3.05) is 26.9 Å². The molecule has 0 aliphatic rings. The van der Waals surface area contributed by atoms with Gasteiger partial charge in [0.1, 0.15) is 5.69 Å². The molecule has 2 aromatic rings. The highest BCUT2D eigenvalue weighted by molar-refractivity contribution is 6.33. The second-order valence-corrected chi connectivity index (χ2v) is 7.62. The molecule has 31 heavy (non-hydrogen) atoms. The van der Waals surface area contributed by atoms with E-state index in [1.165, 1.54) is 4.90 Å². The molecule has 8 heteroatoms. The van der Waals surface area contributed by atoms with Gasteiger partial charge in [0.25, 0.3) is 5.91 Å².